The normalized spacial score (nSPS) is 12.3. The second-order valence-electron chi connectivity index (χ2n) is 5.89. The molecule has 1 unspecified atom stereocenters. The lowest BCUT2D eigenvalue weighted by molar-refractivity contribution is -0.112. The number of unbranched alkanes of at least 4 members (excludes halogenated alkanes) is 7. The summed E-state index contributed by atoms with van der Waals surface area (Å²) in [6.45, 7) is 2.19. The number of hydrogen-bond acceptors (Lipinski definition) is 2. The smallest absolute Gasteiger partial charge is 0.221 e. The highest BCUT2D eigenvalue weighted by Crippen LogP contribution is 2.20. The fraction of sp³-hybridized carbons (Fsp3) is 0.882. The van der Waals surface area contributed by atoms with Crippen LogP contribution >= 0.6 is 23.2 Å². The Morgan fingerprint density at radius 1 is 0.714 bits per heavy atom. The largest absolute Gasteiger partial charge is 0.281 e. The van der Waals surface area contributed by atoms with E-state index in [9.17, 15) is 9.59 Å². The maximum absolute atomic E-state index is 10.8. The first-order valence-electron chi connectivity index (χ1n) is 8.43. The fourth-order valence-corrected chi connectivity index (χ4v) is 2.87. The van der Waals surface area contributed by atoms with Crippen LogP contribution < -0.4 is 0 Å². The van der Waals surface area contributed by atoms with Crippen LogP contribution in [-0.4, -0.2) is 10.5 Å². The van der Waals surface area contributed by atoms with Crippen LogP contribution in [0.15, 0.2) is 0 Å². The lowest BCUT2D eigenvalue weighted by atomic mass is 9.93. The summed E-state index contributed by atoms with van der Waals surface area (Å²) in [5.41, 5.74) is 0. The molecule has 4 heteroatoms. The molecule has 2 nitrogen and oxygen atoms in total. The Kier molecular flexibility index (Phi) is 14.8. The molecule has 0 amide bonds. The predicted molar refractivity (Wildman–Crippen MR) is 90.9 cm³/mol. The van der Waals surface area contributed by atoms with Gasteiger partial charge in [0.25, 0.3) is 0 Å². The molecule has 1 atom stereocenters. The molecule has 0 fully saturated rings. The van der Waals surface area contributed by atoms with Crippen molar-refractivity contribution in [3.63, 3.8) is 0 Å². The number of carbonyl (C=O) groups excluding carboxylic acids is 2. The van der Waals surface area contributed by atoms with Crippen molar-refractivity contribution in [3.05, 3.63) is 0 Å². The molecule has 0 rings (SSSR count). The zero-order chi connectivity index (χ0) is 15.9. The molecule has 0 aromatic rings. The van der Waals surface area contributed by atoms with Crippen LogP contribution in [0.25, 0.3) is 0 Å². The minimum atomic E-state index is -0.212. The third-order valence-corrected chi connectivity index (χ3v) is 4.44. The van der Waals surface area contributed by atoms with Gasteiger partial charge in [0.1, 0.15) is 0 Å². The third-order valence-electron chi connectivity index (χ3n) is 4.06. The highest BCUT2D eigenvalue weighted by atomic mass is 35.5. The van der Waals surface area contributed by atoms with Crippen molar-refractivity contribution in [2.75, 3.05) is 0 Å². The second-order valence-corrected chi connectivity index (χ2v) is 6.73. The van der Waals surface area contributed by atoms with Crippen LogP contribution in [0, 0.1) is 5.92 Å². The molecule has 0 aromatic carbocycles. The van der Waals surface area contributed by atoms with E-state index in [1.54, 1.807) is 0 Å². The quantitative estimate of drug-likeness (QED) is 0.262. The molecule has 0 aromatic heterocycles. The van der Waals surface area contributed by atoms with Gasteiger partial charge in [0.2, 0.25) is 10.5 Å². The van der Waals surface area contributed by atoms with Gasteiger partial charge in [-0.3, -0.25) is 9.59 Å². The number of halogens is 2. The standard InChI is InChI=1S/C17H30Cl2O2/c1-2-15(13-14-17(19)21)11-9-7-5-3-4-6-8-10-12-16(18)20/h15H,2-14H2,1H3. The van der Waals surface area contributed by atoms with Gasteiger partial charge in [-0.1, -0.05) is 64.7 Å². The Bertz CT molecular complexity index is 280. The minimum absolute atomic E-state index is 0.204. The Hall–Kier alpha value is -0.0800. The molecule has 124 valence electrons. The average molecular weight is 337 g/mol. The van der Waals surface area contributed by atoms with Crippen molar-refractivity contribution < 1.29 is 9.59 Å². The zero-order valence-corrected chi connectivity index (χ0v) is 14.9. The molecule has 0 N–H and O–H groups in total. The van der Waals surface area contributed by atoms with Gasteiger partial charge in [-0.2, -0.15) is 0 Å². The van der Waals surface area contributed by atoms with Crippen molar-refractivity contribution in [2.24, 2.45) is 5.92 Å². The van der Waals surface area contributed by atoms with E-state index in [2.05, 4.69) is 6.92 Å². The second kappa shape index (κ2) is 14.8. The van der Waals surface area contributed by atoms with E-state index < -0.39 is 0 Å². The van der Waals surface area contributed by atoms with E-state index in [4.69, 9.17) is 23.2 Å². The lowest BCUT2D eigenvalue weighted by Gasteiger charge is -2.13. The van der Waals surface area contributed by atoms with Gasteiger partial charge in [0.15, 0.2) is 0 Å². The topological polar surface area (TPSA) is 34.1 Å². The molecule has 21 heavy (non-hydrogen) atoms. The zero-order valence-electron chi connectivity index (χ0n) is 13.3. The van der Waals surface area contributed by atoms with E-state index in [-0.39, 0.29) is 10.5 Å². The van der Waals surface area contributed by atoms with E-state index in [1.165, 1.54) is 44.9 Å². The Morgan fingerprint density at radius 3 is 1.67 bits per heavy atom. The van der Waals surface area contributed by atoms with Crippen molar-refractivity contribution in [3.8, 4) is 0 Å². The summed E-state index contributed by atoms with van der Waals surface area (Å²) in [4.78, 5) is 21.3. The van der Waals surface area contributed by atoms with E-state index in [0.717, 1.165) is 25.7 Å². The van der Waals surface area contributed by atoms with Crippen LogP contribution in [0.4, 0.5) is 0 Å². The maximum Gasteiger partial charge on any atom is 0.221 e. The highest BCUT2D eigenvalue weighted by molar-refractivity contribution is 6.63. The monoisotopic (exact) mass is 336 g/mol. The van der Waals surface area contributed by atoms with Crippen molar-refractivity contribution >= 4 is 33.7 Å². The van der Waals surface area contributed by atoms with Gasteiger partial charge in [0, 0.05) is 12.8 Å². The summed E-state index contributed by atoms with van der Waals surface area (Å²) in [5, 5.41) is -0.416. The van der Waals surface area contributed by atoms with Crippen LogP contribution in [-0.2, 0) is 9.59 Å². The lowest BCUT2D eigenvalue weighted by Crippen LogP contribution is -2.01. The maximum atomic E-state index is 10.8. The first-order valence-corrected chi connectivity index (χ1v) is 9.18. The highest BCUT2D eigenvalue weighted by Gasteiger charge is 2.08. The molecule has 0 aliphatic rings. The van der Waals surface area contributed by atoms with Crippen molar-refractivity contribution in [2.45, 2.75) is 90.4 Å². The predicted octanol–water partition coefficient (Wildman–Crippen LogP) is 6.22. The molecule has 0 spiro atoms. The number of hydrogen-bond donors (Lipinski definition) is 0. The van der Waals surface area contributed by atoms with E-state index in [0.29, 0.717) is 18.8 Å². The van der Waals surface area contributed by atoms with Gasteiger partial charge in [-0.15, -0.1) is 0 Å². The Balaban J connectivity index is 3.30. The van der Waals surface area contributed by atoms with Gasteiger partial charge in [0.05, 0.1) is 0 Å². The van der Waals surface area contributed by atoms with Crippen LogP contribution in [0.1, 0.15) is 90.4 Å². The molecular weight excluding hydrogens is 307 g/mol. The summed E-state index contributed by atoms with van der Waals surface area (Å²) in [7, 11) is 0. The summed E-state index contributed by atoms with van der Waals surface area (Å²) in [6.07, 6.45) is 14.0. The third kappa shape index (κ3) is 16.1. The van der Waals surface area contributed by atoms with Crippen LogP contribution in [0.2, 0.25) is 0 Å². The molecule has 0 saturated heterocycles. The van der Waals surface area contributed by atoms with Crippen molar-refractivity contribution in [1.82, 2.24) is 0 Å². The SMILES string of the molecule is CCC(CCCCCCCCCCC(=O)Cl)CCC(=O)Cl. The summed E-state index contributed by atoms with van der Waals surface area (Å²) in [6, 6.07) is 0. The van der Waals surface area contributed by atoms with Gasteiger partial charge < -0.3 is 0 Å². The fourth-order valence-electron chi connectivity index (χ4n) is 2.63. The van der Waals surface area contributed by atoms with E-state index >= 15 is 0 Å². The summed E-state index contributed by atoms with van der Waals surface area (Å²) < 4.78 is 0. The van der Waals surface area contributed by atoms with Gasteiger partial charge in [-0.25, -0.2) is 0 Å². The Labute approximate surface area is 140 Å². The molecule has 0 radical (unpaired) electrons. The van der Waals surface area contributed by atoms with Gasteiger partial charge >= 0.3 is 0 Å². The first kappa shape index (κ1) is 20.9. The minimum Gasteiger partial charge on any atom is -0.281 e. The molecule has 0 bridgehead atoms. The summed E-state index contributed by atoms with van der Waals surface area (Å²) in [5.74, 6) is 0.654. The van der Waals surface area contributed by atoms with Crippen LogP contribution in [0.3, 0.4) is 0 Å². The average Bonchev–Trinajstić information content (AvgIpc) is 2.43. The summed E-state index contributed by atoms with van der Waals surface area (Å²) >= 11 is 10.7. The van der Waals surface area contributed by atoms with Gasteiger partial charge in [-0.05, 0) is 42.0 Å². The first-order chi connectivity index (χ1) is 10.1. The number of carbonyl (C=O) groups is 2. The molecular formula is C17H30Cl2O2. The van der Waals surface area contributed by atoms with Crippen molar-refractivity contribution in [1.29, 1.82) is 0 Å². The molecule has 0 saturated carbocycles. The molecule has 0 aliphatic heterocycles. The molecule has 0 aliphatic carbocycles. The van der Waals surface area contributed by atoms with E-state index in [1.807, 2.05) is 0 Å². The Morgan fingerprint density at radius 2 is 1.19 bits per heavy atom. The van der Waals surface area contributed by atoms with Crippen LogP contribution in [0.5, 0.6) is 0 Å². The number of rotatable bonds is 15. The molecule has 0 heterocycles.